The van der Waals surface area contributed by atoms with E-state index in [1.54, 1.807) is 24.3 Å². The van der Waals surface area contributed by atoms with E-state index in [1.165, 1.54) is 19.3 Å². The van der Waals surface area contributed by atoms with Crippen LogP contribution < -0.4 is 20.1 Å². The van der Waals surface area contributed by atoms with E-state index in [4.69, 9.17) is 14.2 Å². The molecule has 1 aliphatic carbocycles. The minimum Gasteiger partial charge on any atom is -0.493 e. The lowest BCUT2D eigenvalue weighted by atomic mass is 10.2. The van der Waals surface area contributed by atoms with Gasteiger partial charge in [-0.15, -0.1) is 0 Å². The molecule has 0 saturated heterocycles. The molecule has 0 bridgehead atoms. The summed E-state index contributed by atoms with van der Waals surface area (Å²) in [5, 5.41) is 4.68. The molecule has 1 aromatic carbocycles. The Morgan fingerprint density at radius 2 is 2.04 bits per heavy atom. The summed E-state index contributed by atoms with van der Waals surface area (Å²) >= 11 is 0. The van der Waals surface area contributed by atoms with Gasteiger partial charge < -0.3 is 19.5 Å². The molecule has 3 amide bonds. The van der Waals surface area contributed by atoms with Gasteiger partial charge in [-0.05, 0) is 36.6 Å². The standard InChI is InChI=1S/C19H22N2O6/c1-3-10-26-15-8-4-13(11-16(15)25-2)5-9-18(23)27-12-17(22)21-19(24)20-14-6-7-14/h3-5,8-9,11,14H,1,6-7,10,12H2,2H3,(H2,20,21,22,24)/b9-5+. The number of rotatable bonds is 9. The highest BCUT2D eigenvalue weighted by Gasteiger charge is 2.23. The molecule has 8 heteroatoms. The summed E-state index contributed by atoms with van der Waals surface area (Å²) in [6.07, 6.45) is 6.13. The third-order valence-electron chi connectivity index (χ3n) is 3.47. The molecule has 0 heterocycles. The number of nitrogens with one attached hydrogen (secondary N) is 2. The number of methoxy groups -OCH3 is 1. The highest BCUT2D eigenvalue weighted by molar-refractivity contribution is 5.96. The molecule has 144 valence electrons. The molecule has 0 aliphatic heterocycles. The number of amides is 3. The number of carbonyl (C=O) groups excluding carboxylic acids is 3. The zero-order chi connectivity index (χ0) is 19.6. The maximum atomic E-state index is 11.7. The molecule has 1 aromatic rings. The van der Waals surface area contributed by atoms with Crippen molar-refractivity contribution in [3.8, 4) is 11.5 Å². The van der Waals surface area contributed by atoms with Gasteiger partial charge in [0.1, 0.15) is 6.61 Å². The van der Waals surface area contributed by atoms with Crippen LogP contribution in [0.4, 0.5) is 4.79 Å². The molecule has 1 saturated carbocycles. The van der Waals surface area contributed by atoms with Gasteiger partial charge in [-0.2, -0.15) is 0 Å². The second-order valence-corrected chi connectivity index (χ2v) is 5.75. The first-order chi connectivity index (χ1) is 13.0. The highest BCUT2D eigenvalue weighted by Crippen LogP contribution is 2.28. The smallest absolute Gasteiger partial charge is 0.331 e. The number of hydrogen-bond acceptors (Lipinski definition) is 6. The number of urea groups is 1. The van der Waals surface area contributed by atoms with Crippen LogP contribution in [0.5, 0.6) is 11.5 Å². The van der Waals surface area contributed by atoms with E-state index >= 15 is 0 Å². The van der Waals surface area contributed by atoms with Gasteiger partial charge >= 0.3 is 12.0 Å². The van der Waals surface area contributed by atoms with Crippen molar-refractivity contribution in [2.45, 2.75) is 18.9 Å². The average molecular weight is 374 g/mol. The summed E-state index contributed by atoms with van der Waals surface area (Å²) in [5.74, 6) is -0.342. The van der Waals surface area contributed by atoms with Crippen LogP contribution in [0.3, 0.4) is 0 Å². The normalized spacial score (nSPS) is 12.9. The first-order valence-electron chi connectivity index (χ1n) is 8.38. The van der Waals surface area contributed by atoms with Gasteiger partial charge in [-0.3, -0.25) is 10.1 Å². The van der Waals surface area contributed by atoms with Gasteiger partial charge in [0.25, 0.3) is 5.91 Å². The number of esters is 1. The van der Waals surface area contributed by atoms with E-state index < -0.39 is 24.5 Å². The predicted molar refractivity (Wildman–Crippen MR) is 98.4 cm³/mol. The van der Waals surface area contributed by atoms with Crippen molar-refractivity contribution in [1.29, 1.82) is 0 Å². The van der Waals surface area contributed by atoms with E-state index in [-0.39, 0.29) is 6.04 Å². The van der Waals surface area contributed by atoms with Crippen LogP contribution in [0.2, 0.25) is 0 Å². The van der Waals surface area contributed by atoms with Crippen LogP contribution in [0.1, 0.15) is 18.4 Å². The van der Waals surface area contributed by atoms with Crippen molar-refractivity contribution in [3.05, 3.63) is 42.5 Å². The first-order valence-corrected chi connectivity index (χ1v) is 8.38. The molecule has 1 aliphatic rings. The number of benzene rings is 1. The van der Waals surface area contributed by atoms with Crippen LogP contribution in [-0.2, 0) is 14.3 Å². The Labute approximate surface area is 157 Å². The SMILES string of the molecule is C=CCOc1ccc(/C=C/C(=O)OCC(=O)NC(=O)NC2CC2)cc1OC. The fourth-order valence-corrected chi connectivity index (χ4v) is 2.02. The summed E-state index contributed by atoms with van der Waals surface area (Å²) in [5.41, 5.74) is 0.683. The zero-order valence-electron chi connectivity index (χ0n) is 15.0. The van der Waals surface area contributed by atoms with E-state index in [0.717, 1.165) is 12.8 Å². The molecule has 0 atom stereocenters. The summed E-state index contributed by atoms with van der Waals surface area (Å²) in [6, 6.07) is 4.68. The molecule has 8 nitrogen and oxygen atoms in total. The minimum atomic E-state index is -0.710. The lowest BCUT2D eigenvalue weighted by molar-refractivity contribution is -0.143. The Hall–Kier alpha value is -3.29. The monoisotopic (exact) mass is 374 g/mol. The van der Waals surface area contributed by atoms with E-state index in [2.05, 4.69) is 17.2 Å². The van der Waals surface area contributed by atoms with Crippen LogP contribution in [0.25, 0.3) is 6.08 Å². The molecular weight excluding hydrogens is 352 g/mol. The third kappa shape index (κ3) is 7.23. The Kier molecular flexibility index (Phi) is 7.42. The second kappa shape index (κ2) is 10.0. The van der Waals surface area contributed by atoms with Gasteiger partial charge in [0.15, 0.2) is 18.1 Å². The summed E-state index contributed by atoms with van der Waals surface area (Å²) < 4.78 is 15.5. The highest BCUT2D eigenvalue weighted by atomic mass is 16.5. The van der Waals surface area contributed by atoms with Gasteiger partial charge in [0.2, 0.25) is 0 Å². The maximum Gasteiger partial charge on any atom is 0.331 e. The molecule has 27 heavy (non-hydrogen) atoms. The Balaban J connectivity index is 1.80. The van der Waals surface area contributed by atoms with E-state index in [1.807, 2.05) is 0 Å². The van der Waals surface area contributed by atoms with Crippen LogP contribution in [0, 0.1) is 0 Å². The average Bonchev–Trinajstić information content (AvgIpc) is 3.46. The van der Waals surface area contributed by atoms with Crippen molar-refractivity contribution in [2.75, 3.05) is 20.3 Å². The van der Waals surface area contributed by atoms with Gasteiger partial charge in [-0.1, -0.05) is 18.7 Å². The third-order valence-corrected chi connectivity index (χ3v) is 3.47. The maximum absolute atomic E-state index is 11.7. The van der Waals surface area contributed by atoms with Crippen LogP contribution in [-0.4, -0.2) is 44.3 Å². The molecule has 0 spiro atoms. The minimum absolute atomic E-state index is 0.133. The van der Waals surface area contributed by atoms with Crippen molar-refractivity contribution in [2.24, 2.45) is 0 Å². The Bertz CT molecular complexity index is 740. The molecule has 0 radical (unpaired) electrons. The molecular formula is C19H22N2O6. The lowest BCUT2D eigenvalue weighted by Crippen LogP contribution is -2.42. The second-order valence-electron chi connectivity index (χ2n) is 5.75. The summed E-state index contributed by atoms with van der Waals surface area (Å²) in [6.45, 7) is 3.38. The molecule has 2 N–H and O–H groups in total. The lowest BCUT2D eigenvalue weighted by Gasteiger charge is -2.09. The molecule has 0 unspecified atom stereocenters. The molecule has 0 aromatic heterocycles. The molecule has 2 rings (SSSR count). The summed E-state index contributed by atoms with van der Waals surface area (Å²) in [7, 11) is 1.51. The number of carbonyl (C=O) groups is 3. The quantitative estimate of drug-likeness (QED) is 0.388. The fraction of sp³-hybridized carbons (Fsp3) is 0.316. The Morgan fingerprint density at radius 3 is 2.70 bits per heavy atom. The van der Waals surface area contributed by atoms with Crippen molar-refractivity contribution < 1.29 is 28.6 Å². The first kappa shape index (κ1) is 20.0. The fourth-order valence-electron chi connectivity index (χ4n) is 2.02. The number of ether oxygens (including phenoxy) is 3. The van der Waals surface area contributed by atoms with Crippen LogP contribution in [0.15, 0.2) is 36.9 Å². The molecule has 1 fully saturated rings. The number of hydrogen-bond donors (Lipinski definition) is 2. The largest absolute Gasteiger partial charge is 0.493 e. The van der Waals surface area contributed by atoms with E-state index in [0.29, 0.717) is 23.7 Å². The van der Waals surface area contributed by atoms with Crippen LogP contribution >= 0.6 is 0 Å². The topological polar surface area (TPSA) is 103 Å². The van der Waals surface area contributed by atoms with Gasteiger partial charge in [0.05, 0.1) is 7.11 Å². The van der Waals surface area contributed by atoms with E-state index in [9.17, 15) is 14.4 Å². The number of imide groups is 1. The van der Waals surface area contributed by atoms with Gasteiger partial charge in [0, 0.05) is 12.1 Å². The van der Waals surface area contributed by atoms with Crippen molar-refractivity contribution >= 4 is 24.0 Å². The summed E-state index contributed by atoms with van der Waals surface area (Å²) in [4.78, 5) is 34.6. The predicted octanol–water partition coefficient (Wildman–Crippen LogP) is 1.80. The van der Waals surface area contributed by atoms with Gasteiger partial charge in [-0.25, -0.2) is 9.59 Å². The van der Waals surface area contributed by atoms with Crippen molar-refractivity contribution in [3.63, 3.8) is 0 Å². The van der Waals surface area contributed by atoms with Crippen molar-refractivity contribution in [1.82, 2.24) is 10.6 Å². The zero-order valence-corrected chi connectivity index (χ0v) is 15.0. The Morgan fingerprint density at radius 1 is 1.26 bits per heavy atom.